The maximum Gasteiger partial charge on any atom is 0.410 e. The van der Waals surface area contributed by atoms with Gasteiger partial charge in [-0.1, -0.05) is 23.7 Å². The molecule has 2 fully saturated rings. The highest BCUT2D eigenvalue weighted by Gasteiger charge is 2.39. The van der Waals surface area contributed by atoms with Crippen LogP contribution in [0.4, 0.5) is 4.79 Å². The Morgan fingerprint density at radius 1 is 1.26 bits per heavy atom. The van der Waals surface area contributed by atoms with E-state index < -0.39 is 5.60 Å². The van der Waals surface area contributed by atoms with E-state index >= 15 is 0 Å². The summed E-state index contributed by atoms with van der Waals surface area (Å²) in [5.41, 5.74) is 0.492. The second-order valence-electron chi connectivity index (χ2n) is 9.79. The number of fused-ring (bicyclic) bond motifs is 2. The predicted octanol–water partition coefficient (Wildman–Crippen LogP) is 3.17. The minimum Gasteiger partial charge on any atom is -0.488 e. The van der Waals surface area contributed by atoms with Crippen LogP contribution < -0.4 is 10.3 Å². The monoisotopic (exact) mass is 498 g/mol. The fourth-order valence-corrected chi connectivity index (χ4v) is 4.72. The highest BCUT2D eigenvalue weighted by molar-refractivity contribution is 6.30. The van der Waals surface area contributed by atoms with Crippen LogP contribution in [-0.2, 0) is 17.7 Å². The lowest BCUT2D eigenvalue weighted by atomic mass is 10.00. The third-order valence-corrected chi connectivity index (χ3v) is 6.57. The number of pyridine rings is 1. The van der Waals surface area contributed by atoms with E-state index in [1.807, 2.05) is 12.1 Å². The summed E-state index contributed by atoms with van der Waals surface area (Å²) in [6, 6.07) is 8.94. The van der Waals surface area contributed by atoms with Crippen molar-refractivity contribution < 1.29 is 19.4 Å². The van der Waals surface area contributed by atoms with Gasteiger partial charge < -0.3 is 19.5 Å². The number of cyclic esters (lactones) is 1. The molecule has 0 aliphatic carbocycles. The lowest BCUT2D eigenvalue weighted by Gasteiger charge is -2.33. The van der Waals surface area contributed by atoms with Gasteiger partial charge in [-0.3, -0.25) is 9.36 Å². The first-order valence-corrected chi connectivity index (χ1v) is 12.0. The number of aromatic nitrogens is 3. The average molecular weight is 499 g/mol. The van der Waals surface area contributed by atoms with Gasteiger partial charge in [0.15, 0.2) is 5.65 Å². The van der Waals surface area contributed by atoms with Gasteiger partial charge in [0.2, 0.25) is 0 Å². The molecule has 184 valence electrons. The number of carbonyl (C=O) groups excluding carboxylic acids is 1. The first-order valence-electron chi connectivity index (χ1n) is 11.6. The van der Waals surface area contributed by atoms with Crippen LogP contribution in [0.15, 0.2) is 41.5 Å². The van der Waals surface area contributed by atoms with Crippen molar-refractivity contribution in [2.45, 2.75) is 57.4 Å². The molecule has 0 spiro atoms. The topological polar surface area (TPSA) is 107 Å². The molecule has 2 saturated heterocycles. The van der Waals surface area contributed by atoms with E-state index in [9.17, 15) is 14.7 Å². The number of nitrogens with zero attached hydrogens (tertiary/aromatic N) is 4. The number of hydrogen-bond acceptors (Lipinski definition) is 7. The Balaban J connectivity index is 1.48. The van der Waals surface area contributed by atoms with Crippen LogP contribution in [0, 0.1) is 0 Å². The zero-order chi connectivity index (χ0) is 24.7. The molecule has 2 aliphatic rings. The van der Waals surface area contributed by atoms with Crippen LogP contribution in [0.1, 0.15) is 37.9 Å². The standard InChI is InChI=1S/C25H27ClN4O5/c1-25(2,33)11-20-21(35-18-7-8-30-17(9-18)13-34-24(30)32)10-19-22(28-20)27-14-29(23(19)31)12-15-3-5-16(26)6-4-15/h3-6,10,14,17-18,33H,7-9,11-13H2,1-2H3/t17-,18-/m0/s1. The number of amides is 1. The van der Waals surface area contributed by atoms with Gasteiger partial charge in [-0.25, -0.2) is 14.8 Å². The van der Waals surface area contributed by atoms with Crippen molar-refractivity contribution in [1.29, 1.82) is 0 Å². The second kappa shape index (κ2) is 9.13. The molecule has 3 aromatic rings. The number of halogens is 1. The Hall–Kier alpha value is -3.17. The quantitative estimate of drug-likeness (QED) is 0.556. The van der Waals surface area contributed by atoms with Crippen LogP contribution in [0.2, 0.25) is 5.02 Å². The molecule has 1 amide bonds. The number of piperidine rings is 1. The number of benzene rings is 1. The summed E-state index contributed by atoms with van der Waals surface area (Å²) in [7, 11) is 0. The summed E-state index contributed by atoms with van der Waals surface area (Å²) < 4.78 is 13.0. The summed E-state index contributed by atoms with van der Waals surface area (Å²) in [6.07, 6.45) is 2.53. The van der Waals surface area contributed by atoms with Crippen molar-refractivity contribution in [2.24, 2.45) is 0 Å². The molecule has 35 heavy (non-hydrogen) atoms. The van der Waals surface area contributed by atoms with Crippen LogP contribution in [-0.4, -0.2) is 61.5 Å². The molecule has 0 unspecified atom stereocenters. The SMILES string of the molecule is CC(C)(O)Cc1nc2ncn(Cc3ccc(Cl)cc3)c(=O)c2cc1O[C@H]1CCN2C(=O)OC[C@@H]2C1. The highest BCUT2D eigenvalue weighted by Crippen LogP contribution is 2.30. The normalized spacial score (nSPS) is 20.1. The van der Waals surface area contributed by atoms with Crippen molar-refractivity contribution >= 4 is 28.7 Å². The Kier molecular flexibility index (Phi) is 6.14. The van der Waals surface area contributed by atoms with Gasteiger partial charge in [0.1, 0.15) is 24.8 Å². The van der Waals surface area contributed by atoms with Gasteiger partial charge >= 0.3 is 6.09 Å². The van der Waals surface area contributed by atoms with E-state index in [1.54, 1.807) is 36.9 Å². The molecule has 2 atom stereocenters. The summed E-state index contributed by atoms with van der Waals surface area (Å²) in [5, 5.41) is 11.4. The molecule has 2 aliphatic heterocycles. The lowest BCUT2D eigenvalue weighted by molar-refractivity contribution is 0.0732. The number of hydrogen-bond donors (Lipinski definition) is 1. The van der Waals surface area contributed by atoms with Crippen molar-refractivity contribution in [3.8, 4) is 5.75 Å². The fraction of sp³-hybridized carbons (Fsp3) is 0.440. The Labute approximate surface area is 207 Å². The minimum absolute atomic E-state index is 0.0225. The summed E-state index contributed by atoms with van der Waals surface area (Å²) in [5.74, 6) is 0.450. The molecule has 1 N–H and O–H groups in total. The zero-order valence-electron chi connectivity index (χ0n) is 19.6. The Morgan fingerprint density at radius 3 is 2.77 bits per heavy atom. The maximum absolute atomic E-state index is 13.3. The zero-order valence-corrected chi connectivity index (χ0v) is 20.4. The van der Waals surface area contributed by atoms with E-state index in [-0.39, 0.29) is 30.2 Å². The molecule has 9 nitrogen and oxygen atoms in total. The number of rotatable bonds is 6. The fourth-order valence-electron chi connectivity index (χ4n) is 4.60. The Bertz CT molecular complexity index is 1320. The predicted molar refractivity (Wildman–Crippen MR) is 130 cm³/mol. The van der Waals surface area contributed by atoms with E-state index in [0.717, 1.165) is 5.56 Å². The van der Waals surface area contributed by atoms with Crippen LogP contribution in [0.5, 0.6) is 5.75 Å². The number of carbonyl (C=O) groups is 1. The van der Waals surface area contributed by atoms with E-state index in [0.29, 0.717) is 60.0 Å². The molecule has 1 aromatic carbocycles. The minimum atomic E-state index is -1.03. The van der Waals surface area contributed by atoms with Crippen molar-refractivity contribution in [1.82, 2.24) is 19.4 Å². The lowest BCUT2D eigenvalue weighted by Crippen LogP contribution is -2.44. The van der Waals surface area contributed by atoms with Crippen molar-refractivity contribution in [3.63, 3.8) is 0 Å². The second-order valence-corrected chi connectivity index (χ2v) is 10.2. The van der Waals surface area contributed by atoms with Crippen molar-refractivity contribution in [2.75, 3.05) is 13.2 Å². The van der Waals surface area contributed by atoms with Gasteiger partial charge in [-0.2, -0.15) is 0 Å². The first-order chi connectivity index (χ1) is 16.7. The largest absolute Gasteiger partial charge is 0.488 e. The third kappa shape index (κ3) is 5.11. The highest BCUT2D eigenvalue weighted by atomic mass is 35.5. The molecule has 0 bridgehead atoms. The number of aliphatic hydroxyl groups is 1. The third-order valence-electron chi connectivity index (χ3n) is 6.31. The van der Waals surface area contributed by atoms with Gasteiger partial charge in [0, 0.05) is 30.8 Å². The van der Waals surface area contributed by atoms with E-state index in [4.69, 9.17) is 21.1 Å². The molecular formula is C25H27ClN4O5. The first kappa shape index (κ1) is 23.6. The summed E-state index contributed by atoms with van der Waals surface area (Å²) in [4.78, 5) is 35.9. The summed E-state index contributed by atoms with van der Waals surface area (Å²) in [6.45, 7) is 4.63. The number of ether oxygens (including phenoxy) is 2. The van der Waals surface area contributed by atoms with Gasteiger partial charge in [-0.15, -0.1) is 0 Å². The van der Waals surface area contributed by atoms with E-state index in [1.165, 1.54) is 10.9 Å². The van der Waals surface area contributed by atoms with Crippen LogP contribution in [0.3, 0.4) is 0 Å². The van der Waals surface area contributed by atoms with E-state index in [2.05, 4.69) is 9.97 Å². The van der Waals surface area contributed by atoms with Gasteiger partial charge in [0.05, 0.1) is 29.3 Å². The average Bonchev–Trinajstić information content (AvgIpc) is 3.17. The molecule has 10 heteroatoms. The van der Waals surface area contributed by atoms with Crippen LogP contribution in [0.25, 0.3) is 11.0 Å². The van der Waals surface area contributed by atoms with Gasteiger partial charge in [-0.05, 0) is 37.6 Å². The maximum atomic E-state index is 13.3. The molecule has 4 heterocycles. The van der Waals surface area contributed by atoms with Gasteiger partial charge in [0.25, 0.3) is 5.56 Å². The van der Waals surface area contributed by atoms with Crippen LogP contribution >= 0.6 is 11.6 Å². The molecular weight excluding hydrogens is 472 g/mol. The smallest absolute Gasteiger partial charge is 0.410 e. The molecule has 5 rings (SSSR count). The summed E-state index contributed by atoms with van der Waals surface area (Å²) >= 11 is 5.97. The van der Waals surface area contributed by atoms with Crippen molar-refractivity contribution in [3.05, 3.63) is 63.3 Å². The Morgan fingerprint density at radius 2 is 2.03 bits per heavy atom. The molecule has 0 radical (unpaired) electrons. The molecule has 2 aromatic heterocycles. The molecule has 0 saturated carbocycles.